The van der Waals surface area contributed by atoms with Crippen molar-refractivity contribution >= 4 is 29.6 Å². The second-order valence-corrected chi connectivity index (χ2v) is 10.4. The summed E-state index contributed by atoms with van der Waals surface area (Å²) in [5.41, 5.74) is 3.58. The fourth-order valence-electron chi connectivity index (χ4n) is 3.21. The van der Waals surface area contributed by atoms with Gasteiger partial charge in [0, 0.05) is 5.54 Å². The Bertz CT molecular complexity index is 292. The minimum absolute atomic E-state index is 0.435. The Balaban J connectivity index is 2.15. The maximum absolute atomic E-state index is 6.44. The molecule has 2 aliphatic rings. The van der Waals surface area contributed by atoms with E-state index in [0.29, 0.717) is 5.54 Å². The molecule has 0 saturated heterocycles. The zero-order chi connectivity index (χ0) is 12.8. The molecule has 0 bridgehead atoms. The van der Waals surface area contributed by atoms with Crippen LogP contribution >= 0.6 is 22.2 Å². The molecule has 0 atom stereocenters. The summed E-state index contributed by atoms with van der Waals surface area (Å²) < 4.78 is 0. The quantitative estimate of drug-likeness (QED) is 0.349. The third-order valence-electron chi connectivity index (χ3n) is 4.20. The van der Waals surface area contributed by atoms with Crippen LogP contribution in [0.2, 0.25) is 5.54 Å². The highest BCUT2D eigenvalue weighted by atomic mass is 35.7. The third kappa shape index (κ3) is 4.14. The van der Waals surface area contributed by atoms with Crippen molar-refractivity contribution in [2.75, 3.05) is 0 Å². The minimum atomic E-state index is -1.66. The van der Waals surface area contributed by atoms with Gasteiger partial charge in [-0.15, -0.1) is 22.2 Å². The summed E-state index contributed by atoms with van der Waals surface area (Å²) in [6, 6.07) is 0. The smallest absolute Gasteiger partial charge is 0.149 e. The Morgan fingerprint density at radius 3 is 1.72 bits per heavy atom. The zero-order valence-corrected chi connectivity index (χ0v) is 13.8. The summed E-state index contributed by atoms with van der Waals surface area (Å²) >= 11 is 12.9. The van der Waals surface area contributed by atoms with E-state index in [2.05, 4.69) is 12.2 Å². The van der Waals surface area contributed by atoms with Gasteiger partial charge < -0.3 is 0 Å². The molecule has 0 N–H and O–H groups in total. The van der Waals surface area contributed by atoms with Crippen molar-refractivity contribution in [2.45, 2.75) is 69.7 Å². The van der Waals surface area contributed by atoms with Gasteiger partial charge in [0.25, 0.3) is 0 Å². The van der Waals surface area contributed by atoms with Crippen molar-refractivity contribution in [1.29, 1.82) is 0 Å². The lowest BCUT2D eigenvalue weighted by Crippen LogP contribution is -2.13. The number of hydrogen-bond acceptors (Lipinski definition) is 0. The summed E-state index contributed by atoms with van der Waals surface area (Å²) in [7, 11) is -1.66. The first-order chi connectivity index (χ1) is 8.79. The van der Waals surface area contributed by atoms with E-state index in [1.807, 2.05) is 0 Å². The number of allylic oxidation sites excluding steroid dienone is 4. The number of halogens is 2. The van der Waals surface area contributed by atoms with E-state index in [4.69, 9.17) is 22.2 Å². The minimum Gasteiger partial charge on any atom is -0.149 e. The Morgan fingerprint density at radius 2 is 1.28 bits per heavy atom. The topological polar surface area (TPSA) is 0 Å². The van der Waals surface area contributed by atoms with E-state index in [9.17, 15) is 0 Å². The molecule has 3 heteroatoms. The average Bonchev–Trinajstić information content (AvgIpc) is 2.74. The Morgan fingerprint density at radius 1 is 0.778 bits per heavy atom. The standard InChI is InChI=1S/C15H24Cl2Si/c16-18(17)15(13-9-5-1-2-6-10-13)14-11-7-3-4-8-12-14/h9,11,15,18H,1-8,10,12H2. The molecule has 0 radical (unpaired) electrons. The van der Waals surface area contributed by atoms with E-state index < -0.39 is 7.42 Å². The summed E-state index contributed by atoms with van der Waals surface area (Å²) in [5.74, 6) is 0. The molecule has 0 aromatic rings. The molecule has 0 fully saturated rings. The molecular formula is C15H24Cl2Si. The fraction of sp³-hybridized carbons (Fsp3) is 0.733. The van der Waals surface area contributed by atoms with Gasteiger partial charge in [-0.05, 0) is 51.4 Å². The first kappa shape index (κ1) is 14.7. The van der Waals surface area contributed by atoms with Gasteiger partial charge in [0.05, 0.1) is 0 Å². The van der Waals surface area contributed by atoms with Crippen molar-refractivity contribution in [3.05, 3.63) is 23.3 Å². The highest BCUT2D eigenvalue weighted by Crippen LogP contribution is 2.41. The van der Waals surface area contributed by atoms with Crippen LogP contribution in [0, 0.1) is 0 Å². The summed E-state index contributed by atoms with van der Waals surface area (Å²) in [4.78, 5) is 0. The van der Waals surface area contributed by atoms with Crippen LogP contribution in [0.3, 0.4) is 0 Å². The molecular weight excluding hydrogens is 279 g/mol. The van der Waals surface area contributed by atoms with Crippen LogP contribution in [-0.2, 0) is 0 Å². The van der Waals surface area contributed by atoms with E-state index in [-0.39, 0.29) is 0 Å². The first-order valence-electron chi connectivity index (χ1n) is 7.45. The number of hydrogen-bond donors (Lipinski definition) is 0. The molecule has 2 aliphatic carbocycles. The van der Waals surface area contributed by atoms with Gasteiger partial charge >= 0.3 is 0 Å². The lowest BCUT2D eigenvalue weighted by Gasteiger charge is -2.23. The molecule has 0 aliphatic heterocycles. The molecule has 0 spiro atoms. The van der Waals surface area contributed by atoms with Crippen LogP contribution in [0.1, 0.15) is 64.2 Å². The van der Waals surface area contributed by atoms with Gasteiger partial charge in [0.1, 0.15) is 0 Å². The van der Waals surface area contributed by atoms with E-state index >= 15 is 0 Å². The van der Waals surface area contributed by atoms with Crippen LogP contribution in [0.4, 0.5) is 0 Å². The molecule has 0 unspecified atom stereocenters. The summed E-state index contributed by atoms with van der Waals surface area (Å²) in [5, 5.41) is 0. The summed E-state index contributed by atoms with van der Waals surface area (Å²) in [6.45, 7) is 0. The van der Waals surface area contributed by atoms with Crippen LogP contribution in [0.15, 0.2) is 23.3 Å². The Hall–Kier alpha value is 0.277. The van der Waals surface area contributed by atoms with Crippen LogP contribution < -0.4 is 0 Å². The molecule has 2 rings (SSSR count). The van der Waals surface area contributed by atoms with E-state index in [1.165, 1.54) is 64.2 Å². The van der Waals surface area contributed by atoms with Crippen LogP contribution in [0.25, 0.3) is 0 Å². The van der Waals surface area contributed by atoms with E-state index in [0.717, 1.165) is 0 Å². The van der Waals surface area contributed by atoms with Gasteiger partial charge in [-0.1, -0.05) is 36.1 Å². The molecule has 0 aromatic heterocycles. The predicted octanol–water partition coefficient (Wildman–Crippen LogP) is 5.84. The van der Waals surface area contributed by atoms with Gasteiger partial charge in [-0.3, -0.25) is 0 Å². The molecule has 0 saturated carbocycles. The highest BCUT2D eigenvalue weighted by molar-refractivity contribution is 7.34. The SMILES string of the molecule is Cl[SiH](Cl)C(C1=CCCCCC1)C1=CCCCCC1. The van der Waals surface area contributed by atoms with Crippen molar-refractivity contribution < 1.29 is 0 Å². The lowest BCUT2D eigenvalue weighted by molar-refractivity contribution is 0.694. The van der Waals surface area contributed by atoms with Gasteiger partial charge in [-0.25, -0.2) is 0 Å². The molecule has 0 aromatic carbocycles. The van der Waals surface area contributed by atoms with Crippen molar-refractivity contribution in [3.63, 3.8) is 0 Å². The monoisotopic (exact) mass is 302 g/mol. The third-order valence-corrected chi connectivity index (χ3v) is 7.08. The number of rotatable bonds is 3. The Labute approximate surface area is 122 Å². The first-order valence-corrected chi connectivity index (χ1v) is 11.6. The summed E-state index contributed by atoms with van der Waals surface area (Å²) in [6.07, 6.45) is 17.9. The highest BCUT2D eigenvalue weighted by Gasteiger charge is 2.27. The second kappa shape index (κ2) is 7.77. The largest absolute Gasteiger partial charge is 0.247 e. The average molecular weight is 303 g/mol. The van der Waals surface area contributed by atoms with Crippen LogP contribution in [-0.4, -0.2) is 7.42 Å². The second-order valence-electron chi connectivity index (χ2n) is 5.57. The van der Waals surface area contributed by atoms with Crippen LogP contribution in [0.5, 0.6) is 0 Å². The predicted molar refractivity (Wildman–Crippen MR) is 84.9 cm³/mol. The van der Waals surface area contributed by atoms with Gasteiger partial charge in [0.2, 0.25) is 7.42 Å². The van der Waals surface area contributed by atoms with Crippen molar-refractivity contribution in [1.82, 2.24) is 0 Å². The lowest BCUT2D eigenvalue weighted by atomic mass is 9.97. The normalized spacial score (nSPS) is 22.4. The Kier molecular flexibility index (Phi) is 6.33. The molecule has 102 valence electrons. The van der Waals surface area contributed by atoms with E-state index in [1.54, 1.807) is 11.1 Å². The van der Waals surface area contributed by atoms with Crippen molar-refractivity contribution in [3.8, 4) is 0 Å². The zero-order valence-electron chi connectivity index (χ0n) is 11.1. The molecule has 0 nitrogen and oxygen atoms in total. The molecule has 0 amide bonds. The maximum atomic E-state index is 6.44. The maximum Gasteiger partial charge on any atom is 0.247 e. The van der Waals surface area contributed by atoms with Crippen molar-refractivity contribution in [2.24, 2.45) is 0 Å². The fourth-order valence-corrected chi connectivity index (χ4v) is 6.40. The molecule has 0 heterocycles. The van der Waals surface area contributed by atoms with Gasteiger partial charge in [0.15, 0.2) is 0 Å². The molecule has 18 heavy (non-hydrogen) atoms. The van der Waals surface area contributed by atoms with Gasteiger partial charge in [-0.2, -0.15) is 0 Å².